The second kappa shape index (κ2) is 7.91. The van der Waals surface area contributed by atoms with Gasteiger partial charge in [-0.05, 0) is 41.3 Å². The minimum absolute atomic E-state index is 0.137. The van der Waals surface area contributed by atoms with Crippen LogP contribution in [0.5, 0.6) is 0 Å². The first-order valence-electron chi connectivity index (χ1n) is 8.79. The minimum atomic E-state index is -4.12. The molecular weight excluding hydrogens is 465 g/mol. The smallest absolute Gasteiger partial charge is 0.321 e. The SMILES string of the molecule is CN1C(C(=O)Nc2ccc(F)c(Cl)c2)=CC(c2cc(-c3cnn(C)c3)cs2)=NS1(=O)=O. The van der Waals surface area contributed by atoms with Crippen molar-refractivity contribution in [3.63, 3.8) is 0 Å². The molecule has 0 saturated heterocycles. The van der Waals surface area contributed by atoms with E-state index in [1.807, 2.05) is 11.6 Å². The van der Waals surface area contributed by atoms with Gasteiger partial charge in [-0.3, -0.25) is 9.48 Å². The van der Waals surface area contributed by atoms with Crippen LogP contribution in [-0.4, -0.2) is 41.2 Å². The summed E-state index contributed by atoms with van der Waals surface area (Å²) < 4.78 is 44.7. The molecular formula is C19H15ClFN5O3S2. The number of aromatic nitrogens is 2. The van der Waals surface area contributed by atoms with Crippen molar-refractivity contribution in [3.8, 4) is 11.1 Å². The lowest BCUT2D eigenvalue weighted by Gasteiger charge is -2.23. The summed E-state index contributed by atoms with van der Waals surface area (Å²) in [6.45, 7) is 0. The summed E-state index contributed by atoms with van der Waals surface area (Å²) in [5, 5.41) is 8.34. The molecule has 0 spiro atoms. The molecule has 0 aliphatic carbocycles. The molecule has 3 aromatic rings. The molecule has 31 heavy (non-hydrogen) atoms. The zero-order valence-electron chi connectivity index (χ0n) is 16.2. The predicted molar refractivity (Wildman–Crippen MR) is 118 cm³/mol. The number of hydrogen-bond donors (Lipinski definition) is 1. The summed E-state index contributed by atoms with van der Waals surface area (Å²) in [5.41, 5.74) is 1.95. The van der Waals surface area contributed by atoms with Crippen LogP contribution >= 0.6 is 22.9 Å². The molecule has 0 unspecified atom stereocenters. The quantitative estimate of drug-likeness (QED) is 0.619. The van der Waals surface area contributed by atoms with Crippen LogP contribution in [0.3, 0.4) is 0 Å². The van der Waals surface area contributed by atoms with Gasteiger partial charge in [0.05, 0.1) is 21.8 Å². The van der Waals surface area contributed by atoms with E-state index in [9.17, 15) is 17.6 Å². The first kappa shape index (κ1) is 21.2. The zero-order chi connectivity index (χ0) is 22.3. The van der Waals surface area contributed by atoms with Crippen molar-refractivity contribution in [2.24, 2.45) is 11.4 Å². The molecule has 0 saturated carbocycles. The Hall–Kier alpha value is -3.02. The number of hydrogen-bond acceptors (Lipinski definition) is 5. The molecule has 12 heteroatoms. The minimum Gasteiger partial charge on any atom is -0.321 e. The van der Waals surface area contributed by atoms with Crippen molar-refractivity contribution in [3.05, 3.63) is 69.5 Å². The summed E-state index contributed by atoms with van der Waals surface area (Å²) in [6, 6.07) is 5.45. The number of benzene rings is 1. The normalized spacial score (nSPS) is 15.4. The maximum atomic E-state index is 13.4. The predicted octanol–water partition coefficient (Wildman–Crippen LogP) is 3.44. The maximum absolute atomic E-state index is 13.4. The van der Waals surface area contributed by atoms with Gasteiger partial charge in [-0.2, -0.15) is 13.5 Å². The van der Waals surface area contributed by atoms with Crippen LogP contribution in [0, 0.1) is 5.82 Å². The van der Waals surface area contributed by atoms with Crippen LogP contribution in [0.4, 0.5) is 10.1 Å². The number of rotatable bonds is 4. The molecule has 0 bridgehead atoms. The Morgan fingerprint density at radius 3 is 2.68 bits per heavy atom. The number of anilines is 1. The van der Waals surface area contributed by atoms with Crippen molar-refractivity contribution in [2.45, 2.75) is 0 Å². The number of halogens is 2. The highest BCUT2D eigenvalue weighted by Gasteiger charge is 2.30. The van der Waals surface area contributed by atoms with E-state index in [1.165, 1.54) is 36.6 Å². The molecule has 0 atom stereocenters. The van der Waals surface area contributed by atoms with E-state index in [1.54, 1.807) is 24.0 Å². The van der Waals surface area contributed by atoms with Gasteiger partial charge in [-0.25, -0.2) is 8.70 Å². The Bertz CT molecular complexity index is 1360. The Kier molecular flexibility index (Phi) is 5.42. The fourth-order valence-corrected chi connectivity index (χ4v) is 4.87. The molecule has 160 valence electrons. The average molecular weight is 480 g/mol. The van der Waals surface area contributed by atoms with E-state index in [-0.39, 0.29) is 22.1 Å². The maximum Gasteiger partial charge on any atom is 0.345 e. The van der Waals surface area contributed by atoms with Gasteiger partial charge in [-0.15, -0.1) is 15.7 Å². The zero-order valence-corrected chi connectivity index (χ0v) is 18.6. The average Bonchev–Trinajstić information content (AvgIpc) is 3.35. The Labute approximate surface area is 186 Å². The number of amides is 1. The molecule has 0 fully saturated rings. The van der Waals surface area contributed by atoms with Crippen molar-refractivity contribution < 1.29 is 17.6 Å². The van der Waals surface area contributed by atoms with E-state index in [0.717, 1.165) is 21.5 Å². The highest BCUT2D eigenvalue weighted by atomic mass is 35.5. The highest BCUT2D eigenvalue weighted by molar-refractivity contribution is 7.88. The van der Waals surface area contributed by atoms with Crippen LogP contribution in [0.2, 0.25) is 5.02 Å². The number of allylic oxidation sites excluding steroid dienone is 1. The summed E-state index contributed by atoms with van der Waals surface area (Å²) >= 11 is 7.04. The number of aryl methyl sites for hydroxylation is 1. The largest absolute Gasteiger partial charge is 0.345 e. The second-order valence-corrected chi connectivity index (χ2v) is 9.58. The standard InChI is InChI=1S/C19H15ClFN5O3S2/c1-25-9-12(8-22-25)11-5-18(30-10-11)16-7-17(26(2)31(28,29)24-16)19(27)23-13-3-4-15(21)14(20)6-13/h3-10H,1-2H3,(H,23,27). The van der Waals surface area contributed by atoms with E-state index < -0.39 is 21.9 Å². The van der Waals surface area contributed by atoms with Gasteiger partial charge < -0.3 is 5.32 Å². The molecule has 4 rings (SSSR count). The number of thiophene rings is 1. The Morgan fingerprint density at radius 1 is 1.23 bits per heavy atom. The van der Waals surface area contributed by atoms with Gasteiger partial charge in [0.15, 0.2) is 0 Å². The number of carbonyl (C=O) groups excluding carboxylic acids is 1. The van der Waals surface area contributed by atoms with E-state index in [2.05, 4.69) is 14.8 Å². The molecule has 3 heterocycles. The van der Waals surface area contributed by atoms with Crippen LogP contribution in [0.15, 0.2) is 58.2 Å². The topological polar surface area (TPSA) is 96.7 Å². The van der Waals surface area contributed by atoms with Gasteiger partial charge in [-0.1, -0.05) is 11.6 Å². The van der Waals surface area contributed by atoms with Gasteiger partial charge in [0.25, 0.3) is 5.91 Å². The first-order chi connectivity index (χ1) is 14.6. The number of carbonyl (C=O) groups is 1. The van der Waals surface area contributed by atoms with Crippen molar-refractivity contribution in [2.75, 3.05) is 12.4 Å². The molecule has 1 aliphatic heterocycles. The third-order valence-corrected chi connectivity index (χ3v) is 7.03. The second-order valence-electron chi connectivity index (χ2n) is 6.64. The van der Waals surface area contributed by atoms with E-state index in [4.69, 9.17) is 11.6 Å². The van der Waals surface area contributed by atoms with Crippen LogP contribution in [0.1, 0.15) is 4.88 Å². The van der Waals surface area contributed by atoms with Crippen LogP contribution in [0.25, 0.3) is 11.1 Å². The van der Waals surface area contributed by atoms with Crippen molar-refractivity contribution in [1.29, 1.82) is 0 Å². The van der Waals surface area contributed by atoms with Crippen LogP contribution in [-0.2, 0) is 22.1 Å². The number of nitrogens with one attached hydrogen (secondary N) is 1. The van der Waals surface area contributed by atoms with Gasteiger partial charge in [0.1, 0.15) is 11.5 Å². The monoisotopic (exact) mass is 479 g/mol. The fraction of sp³-hybridized carbons (Fsp3) is 0.105. The number of nitrogens with zero attached hydrogens (tertiary/aromatic N) is 4. The molecule has 8 nitrogen and oxygen atoms in total. The first-order valence-corrected chi connectivity index (χ1v) is 11.4. The molecule has 1 N–H and O–H groups in total. The van der Waals surface area contributed by atoms with E-state index in [0.29, 0.717) is 4.88 Å². The molecule has 1 aliphatic rings. The Morgan fingerprint density at radius 2 is 2.00 bits per heavy atom. The van der Waals surface area contributed by atoms with Crippen LogP contribution < -0.4 is 5.32 Å². The lowest BCUT2D eigenvalue weighted by molar-refractivity contribution is -0.113. The molecule has 1 aromatic carbocycles. The summed E-state index contributed by atoms with van der Waals surface area (Å²) in [7, 11) is -1.09. The van der Waals surface area contributed by atoms with Gasteiger partial charge in [0, 0.05) is 31.5 Å². The summed E-state index contributed by atoms with van der Waals surface area (Å²) in [4.78, 5) is 13.4. The lowest BCUT2D eigenvalue weighted by Crippen LogP contribution is -2.35. The molecule has 2 aromatic heterocycles. The summed E-state index contributed by atoms with van der Waals surface area (Å²) in [6.07, 6.45) is 4.92. The van der Waals surface area contributed by atoms with Gasteiger partial charge >= 0.3 is 10.2 Å². The Balaban J connectivity index is 1.66. The third kappa shape index (κ3) is 4.24. The van der Waals surface area contributed by atoms with Crippen molar-refractivity contribution >= 4 is 50.5 Å². The van der Waals surface area contributed by atoms with E-state index >= 15 is 0 Å². The fourth-order valence-electron chi connectivity index (χ4n) is 2.84. The lowest BCUT2D eigenvalue weighted by atomic mass is 10.1. The van der Waals surface area contributed by atoms with Gasteiger partial charge in [0.2, 0.25) is 0 Å². The van der Waals surface area contributed by atoms with Crippen molar-refractivity contribution in [1.82, 2.24) is 14.1 Å². The summed E-state index contributed by atoms with van der Waals surface area (Å²) in [5.74, 6) is -1.34. The molecule has 1 amide bonds. The highest BCUT2D eigenvalue weighted by Crippen LogP contribution is 2.29. The molecule has 0 radical (unpaired) electrons. The number of likely N-dealkylation sites (N-methyl/N-ethyl adjacent to an activating group) is 1. The third-order valence-electron chi connectivity index (χ3n) is 4.47.